The van der Waals surface area contributed by atoms with Crippen molar-refractivity contribution in [2.24, 2.45) is 5.92 Å². The molecule has 0 fully saturated rings. The largest absolute Gasteiger partial charge is 0.495 e. The van der Waals surface area contributed by atoms with Crippen molar-refractivity contribution in [2.45, 2.75) is 26.0 Å². The molecule has 0 saturated carbocycles. The molecular weight excluding hydrogens is 492 g/mol. The van der Waals surface area contributed by atoms with Gasteiger partial charge in [0, 0.05) is 30.2 Å². The Balaban J connectivity index is 1.83. The molecule has 1 aliphatic heterocycles. The number of aliphatic hydroxyl groups excluding tert-OH is 1. The number of rotatable bonds is 6. The van der Waals surface area contributed by atoms with E-state index in [2.05, 4.69) is 26.2 Å². The molecule has 3 amide bonds. The van der Waals surface area contributed by atoms with E-state index in [9.17, 15) is 14.7 Å². The lowest BCUT2D eigenvalue weighted by Crippen LogP contribution is -2.50. The zero-order valence-corrected chi connectivity index (χ0v) is 20.7. The van der Waals surface area contributed by atoms with Gasteiger partial charge < -0.3 is 29.7 Å². The first kappa shape index (κ1) is 24.8. The molecule has 0 bridgehead atoms. The minimum Gasteiger partial charge on any atom is -0.495 e. The van der Waals surface area contributed by atoms with Gasteiger partial charge in [0.2, 0.25) is 5.88 Å². The number of aromatic nitrogens is 1. The fourth-order valence-corrected chi connectivity index (χ4v) is 3.94. The number of likely N-dealkylation sites (N-methyl/N-ethyl adjacent to an activating group) is 1. The van der Waals surface area contributed by atoms with Crippen molar-refractivity contribution in [1.29, 1.82) is 0 Å². The third kappa shape index (κ3) is 5.75. The number of halogens is 1. The average molecular weight is 521 g/mol. The molecule has 178 valence electrons. The Morgan fingerprint density at radius 1 is 1.45 bits per heavy atom. The molecule has 2 N–H and O–H groups in total. The Labute approximate surface area is 201 Å². The molecule has 1 aliphatic rings. The van der Waals surface area contributed by atoms with E-state index in [4.69, 9.17) is 9.47 Å². The van der Waals surface area contributed by atoms with Gasteiger partial charge in [0.15, 0.2) is 0 Å². The van der Waals surface area contributed by atoms with Crippen molar-refractivity contribution in [1.82, 2.24) is 14.8 Å². The summed E-state index contributed by atoms with van der Waals surface area (Å²) in [5.41, 5.74) is 0.872. The van der Waals surface area contributed by atoms with E-state index >= 15 is 0 Å². The van der Waals surface area contributed by atoms with E-state index < -0.39 is 6.10 Å². The highest BCUT2D eigenvalue weighted by molar-refractivity contribution is 9.10. The Bertz CT molecular complexity index is 1000. The lowest BCUT2D eigenvalue weighted by Gasteiger charge is -2.37. The second-order valence-corrected chi connectivity index (χ2v) is 9.06. The fourth-order valence-electron chi connectivity index (χ4n) is 3.61. The van der Waals surface area contributed by atoms with Gasteiger partial charge in [-0.1, -0.05) is 19.1 Å². The second-order valence-electron chi connectivity index (χ2n) is 8.14. The number of hydrogen-bond donors (Lipinski definition) is 2. The van der Waals surface area contributed by atoms with E-state index in [0.717, 1.165) is 0 Å². The summed E-state index contributed by atoms with van der Waals surface area (Å²) in [4.78, 5) is 33.5. The van der Waals surface area contributed by atoms with Crippen LogP contribution in [-0.2, 0) is 0 Å². The number of hydrogen-bond acceptors (Lipinski definition) is 6. The topological polar surface area (TPSA) is 104 Å². The van der Waals surface area contributed by atoms with Crippen molar-refractivity contribution in [3.05, 3.63) is 46.6 Å². The number of methoxy groups -OCH3 is 1. The van der Waals surface area contributed by atoms with Crippen LogP contribution in [0.15, 0.2) is 41.0 Å². The molecule has 3 rings (SSSR count). The number of fused-ring (bicyclic) bond motifs is 1. The van der Waals surface area contributed by atoms with Crippen LogP contribution in [0.3, 0.4) is 0 Å². The molecule has 9 nitrogen and oxygen atoms in total. The van der Waals surface area contributed by atoms with Crippen LogP contribution in [0.5, 0.6) is 11.6 Å². The lowest BCUT2D eigenvalue weighted by atomic mass is 10.0. The number of carbonyl (C=O) groups excluding carboxylic acids is 2. The zero-order valence-electron chi connectivity index (χ0n) is 19.1. The van der Waals surface area contributed by atoms with Crippen molar-refractivity contribution in [3.8, 4) is 11.6 Å². The van der Waals surface area contributed by atoms with Crippen LogP contribution in [0, 0.1) is 5.92 Å². The van der Waals surface area contributed by atoms with Gasteiger partial charge in [-0.15, -0.1) is 0 Å². The molecule has 0 unspecified atom stereocenters. The monoisotopic (exact) mass is 520 g/mol. The maximum Gasteiger partial charge on any atom is 0.321 e. The summed E-state index contributed by atoms with van der Waals surface area (Å²) < 4.78 is 12.1. The standard InChI is InChI=1S/C23H29BrN4O5/c1-14-11-28(15(2)13-29)22(30)17-9-16(24)10-25-21(17)33-20(14)12-27(3)23(31)26-18-7-5-6-8-19(18)32-4/h5-10,14-15,20,29H,11-13H2,1-4H3,(H,26,31)/t14-,15+,20+/m1/s1. The number of pyridine rings is 1. The lowest BCUT2D eigenvalue weighted by molar-refractivity contribution is 0.0356. The predicted octanol–water partition coefficient (Wildman–Crippen LogP) is 3.24. The fraction of sp³-hybridized carbons (Fsp3) is 0.435. The molecule has 3 atom stereocenters. The van der Waals surface area contributed by atoms with Gasteiger partial charge in [0.05, 0.1) is 32.0 Å². The number of ether oxygens (including phenoxy) is 2. The Kier molecular flexibility index (Phi) is 8.15. The summed E-state index contributed by atoms with van der Waals surface area (Å²) in [6.07, 6.45) is 1.13. The second kappa shape index (κ2) is 10.8. The number of benzene rings is 1. The molecule has 0 radical (unpaired) electrons. The minimum absolute atomic E-state index is 0.136. The van der Waals surface area contributed by atoms with Gasteiger partial charge in [0.25, 0.3) is 5.91 Å². The van der Waals surface area contributed by atoms with Gasteiger partial charge in [-0.2, -0.15) is 0 Å². The zero-order chi connectivity index (χ0) is 24.1. The first-order chi connectivity index (χ1) is 15.7. The van der Waals surface area contributed by atoms with Gasteiger partial charge in [0.1, 0.15) is 17.4 Å². The summed E-state index contributed by atoms with van der Waals surface area (Å²) in [5, 5.41) is 12.6. The molecule has 0 aliphatic carbocycles. The number of aliphatic hydroxyl groups is 1. The van der Waals surface area contributed by atoms with E-state index in [1.165, 1.54) is 4.90 Å². The van der Waals surface area contributed by atoms with E-state index in [-0.39, 0.29) is 42.9 Å². The van der Waals surface area contributed by atoms with Crippen LogP contribution < -0.4 is 14.8 Å². The highest BCUT2D eigenvalue weighted by Crippen LogP contribution is 2.29. The predicted molar refractivity (Wildman–Crippen MR) is 128 cm³/mol. The number of para-hydroxylation sites is 2. The molecule has 1 aromatic heterocycles. The van der Waals surface area contributed by atoms with Crippen molar-refractivity contribution >= 4 is 33.6 Å². The molecule has 10 heteroatoms. The van der Waals surface area contributed by atoms with Gasteiger partial charge in [-0.3, -0.25) is 4.79 Å². The molecule has 1 aromatic carbocycles. The first-order valence-electron chi connectivity index (χ1n) is 10.6. The SMILES string of the molecule is COc1ccccc1NC(=O)N(C)C[C@@H]1Oc2ncc(Br)cc2C(=O)N([C@@H](C)CO)C[C@H]1C. The minimum atomic E-state index is -0.438. The Morgan fingerprint density at radius 3 is 2.88 bits per heavy atom. The van der Waals surface area contributed by atoms with Crippen LogP contribution in [0.25, 0.3) is 0 Å². The number of nitrogens with one attached hydrogen (secondary N) is 1. The summed E-state index contributed by atoms with van der Waals surface area (Å²) in [6, 6.07) is 8.13. The van der Waals surface area contributed by atoms with E-state index in [1.54, 1.807) is 50.4 Å². The molecular formula is C23H29BrN4O5. The van der Waals surface area contributed by atoms with Gasteiger partial charge in [-0.25, -0.2) is 9.78 Å². The van der Waals surface area contributed by atoms with Crippen molar-refractivity contribution in [3.63, 3.8) is 0 Å². The molecule has 2 heterocycles. The van der Waals surface area contributed by atoms with Crippen LogP contribution in [0.1, 0.15) is 24.2 Å². The average Bonchev–Trinajstić information content (AvgIpc) is 2.81. The van der Waals surface area contributed by atoms with Crippen molar-refractivity contribution < 1.29 is 24.2 Å². The van der Waals surface area contributed by atoms with Crippen LogP contribution in [-0.4, -0.2) is 77.8 Å². The Hall–Kier alpha value is -2.85. The number of nitrogens with zero attached hydrogens (tertiary/aromatic N) is 3. The quantitative estimate of drug-likeness (QED) is 0.605. The molecule has 2 aromatic rings. The maximum absolute atomic E-state index is 13.2. The highest BCUT2D eigenvalue weighted by Gasteiger charge is 2.34. The van der Waals surface area contributed by atoms with Crippen LogP contribution in [0.2, 0.25) is 0 Å². The summed E-state index contributed by atoms with van der Waals surface area (Å²) in [5.74, 6) is 0.370. The van der Waals surface area contributed by atoms with Crippen LogP contribution in [0.4, 0.5) is 10.5 Å². The smallest absolute Gasteiger partial charge is 0.321 e. The van der Waals surface area contributed by atoms with Crippen LogP contribution >= 0.6 is 15.9 Å². The molecule has 0 saturated heterocycles. The number of amides is 3. The summed E-state index contributed by atoms with van der Waals surface area (Å²) in [6.45, 7) is 4.20. The van der Waals surface area contributed by atoms with Gasteiger partial charge in [-0.05, 0) is 41.1 Å². The maximum atomic E-state index is 13.2. The van der Waals surface area contributed by atoms with E-state index in [0.29, 0.717) is 28.0 Å². The van der Waals surface area contributed by atoms with Gasteiger partial charge >= 0.3 is 6.03 Å². The van der Waals surface area contributed by atoms with Crippen molar-refractivity contribution in [2.75, 3.05) is 39.2 Å². The molecule has 0 spiro atoms. The van der Waals surface area contributed by atoms with E-state index in [1.807, 2.05) is 19.1 Å². The number of carbonyl (C=O) groups is 2. The normalized spacial score (nSPS) is 19.0. The summed E-state index contributed by atoms with van der Waals surface area (Å²) in [7, 11) is 3.22. The third-order valence-electron chi connectivity index (χ3n) is 5.64. The first-order valence-corrected chi connectivity index (χ1v) is 11.4. The number of urea groups is 1. The number of anilines is 1. The molecule has 33 heavy (non-hydrogen) atoms. The Morgan fingerprint density at radius 2 is 2.18 bits per heavy atom. The summed E-state index contributed by atoms with van der Waals surface area (Å²) >= 11 is 3.36. The highest BCUT2D eigenvalue weighted by atomic mass is 79.9. The third-order valence-corrected chi connectivity index (χ3v) is 6.07.